The van der Waals surface area contributed by atoms with Crippen LogP contribution in [0.1, 0.15) is 177 Å². The highest BCUT2D eigenvalue weighted by Gasteiger charge is 2.43. The molecule has 4 N–H and O–H groups in total. The number of aromatic amines is 1. The summed E-state index contributed by atoms with van der Waals surface area (Å²) in [6, 6.07) is 31.2. The van der Waals surface area contributed by atoms with Gasteiger partial charge in [-0.2, -0.15) is 4.98 Å². The van der Waals surface area contributed by atoms with E-state index in [-0.39, 0.29) is 114 Å². The number of carbonyl (C=O) groups is 8. The Bertz CT molecular complexity index is 3640. The molecule has 520 valence electrons. The van der Waals surface area contributed by atoms with E-state index in [1.807, 2.05) is 85.8 Å². The van der Waals surface area contributed by atoms with Gasteiger partial charge in [0, 0.05) is 92.6 Å². The predicted molar refractivity (Wildman–Crippen MR) is 377 cm³/mol. The first-order valence-electron chi connectivity index (χ1n) is 33.3. The van der Waals surface area contributed by atoms with Crippen molar-refractivity contribution in [1.82, 2.24) is 35.5 Å². The number of esters is 1. The molecule has 4 aromatic carbocycles. The normalized spacial score (nSPS) is 14.2. The van der Waals surface area contributed by atoms with Crippen molar-refractivity contribution < 1.29 is 57.3 Å². The van der Waals surface area contributed by atoms with E-state index in [2.05, 4.69) is 49.7 Å². The monoisotopic (exact) mass is 1370 g/mol. The number of rotatable bonds is 39. The molecular formula is C73H93N9O13S2. The lowest BCUT2D eigenvalue weighted by Gasteiger charge is -2.38. The van der Waals surface area contributed by atoms with Gasteiger partial charge in [-0.1, -0.05) is 109 Å². The second kappa shape index (κ2) is 37.3. The second-order valence-electron chi connectivity index (χ2n) is 25.3. The molecule has 0 radical (unpaired) electrons. The number of carbonyl (C=O) groups excluding carboxylic acids is 8. The molecule has 0 spiro atoms. The highest BCUT2D eigenvalue weighted by atomic mass is 33.1. The molecule has 24 heteroatoms. The Morgan fingerprint density at radius 1 is 0.732 bits per heavy atom. The summed E-state index contributed by atoms with van der Waals surface area (Å²) in [5, 5.41) is 8.04. The Kier molecular flexibility index (Phi) is 29.2. The van der Waals surface area contributed by atoms with Gasteiger partial charge in [0.1, 0.15) is 34.8 Å². The van der Waals surface area contributed by atoms with E-state index in [0.29, 0.717) is 73.4 Å². The van der Waals surface area contributed by atoms with Crippen molar-refractivity contribution >= 4 is 91.5 Å². The maximum atomic E-state index is 14.5. The molecule has 0 unspecified atom stereocenters. The first kappa shape index (κ1) is 75.9. The fraction of sp³-hybridized carbons (Fsp3) is 0.479. The number of anilines is 2. The lowest BCUT2D eigenvalue weighted by atomic mass is 9.80. The minimum Gasteiger partial charge on any atom is -0.497 e. The van der Waals surface area contributed by atoms with Gasteiger partial charge in [0.05, 0.1) is 58.3 Å². The number of benzene rings is 4. The van der Waals surface area contributed by atoms with Crippen molar-refractivity contribution in [3.05, 3.63) is 148 Å². The number of nitrogens with one attached hydrogen (secondary N) is 4. The predicted octanol–water partition coefficient (Wildman–Crippen LogP) is 11.4. The topological polar surface area (TPSA) is 288 Å². The molecule has 0 aliphatic carbocycles. The van der Waals surface area contributed by atoms with E-state index in [1.165, 1.54) is 25.1 Å². The Balaban J connectivity index is 0.785. The molecule has 5 amide bonds. The van der Waals surface area contributed by atoms with Crippen molar-refractivity contribution in [3.63, 3.8) is 0 Å². The minimum atomic E-state index is -1.14. The fourth-order valence-corrected chi connectivity index (χ4v) is 14.0. The third-order valence-electron chi connectivity index (χ3n) is 16.9. The van der Waals surface area contributed by atoms with Crippen molar-refractivity contribution in [2.45, 2.75) is 179 Å². The summed E-state index contributed by atoms with van der Waals surface area (Å²) in [4.78, 5) is 135. The smallest absolute Gasteiger partial charge is 0.306 e. The van der Waals surface area contributed by atoms with Crippen LogP contribution in [0.25, 0.3) is 11.2 Å². The van der Waals surface area contributed by atoms with E-state index < -0.39 is 29.3 Å². The summed E-state index contributed by atoms with van der Waals surface area (Å²) in [7, 11) is 8.17. The van der Waals surface area contributed by atoms with Crippen LogP contribution in [0.5, 0.6) is 11.5 Å². The summed E-state index contributed by atoms with van der Waals surface area (Å²) in [5.74, 6) is 0.369. The number of nitrogens with zero attached hydrogens (tertiary/aromatic N) is 5. The maximum absolute atomic E-state index is 14.5. The van der Waals surface area contributed by atoms with Crippen LogP contribution in [0.15, 0.2) is 114 Å². The van der Waals surface area contributed by atoms with Gasteiger partial charge in [0.2, 0.25) is 29.6 Å². The highest BCUT2D eigenvalue weighted by Crippen LogP contribution is 2.43. The average molecular weight is 1370 g/mol. The van der Waals surface area contributed by atoms with E-state index >= 15 is 0 Å². The molecule has 2 aromatic heterocycles. The summed E-state index contributed by atoms with van der Waals surface area (Å²) in [6.07, 6.45) is 9.27. The van der Waals surface area contributed by atoms with Crippen LogP contribution < -0.4 is 35.9 Å². The lowest BCUT2D eigenvalue weighted by molar-refractivity contribution is -0.150. The van der Waals surface area contributed by atoms with Gasteiger partial charge in [-0.25, -0.2) is 9.97 Å². The SMILES string of the molecule is CNC(=O)CCC(=O)O[C@@H]1C[C@@H](COC(c2ccccc2)(c2ccc(OC)cc2)c2ccc(OC)cc2)N(C(=O)CCC(C)(C)SSCCCC(=O)CCCCCCCC(=O)CC[C@@H](C)NC(=O)c2ccc(N(Cc3cnc4nc(NC(=O)C(C)C)[nH]c(=O)c4n3)C(C)=O)cc2)C1. The van der Waals surface area contributed by atoms with Crippen molar-refractivity contribution in [1.29, 1.82) is 0 Å². The summed E-state index contributed by atoms with van der Waals surface area (Å²) >= 11 is 0. The number of likely N-dealkylation sites (tertiary alicyclic amines) is 1. The van der Waals surface area contributed by atoms with Crippen LogP contribution >= 0.6 is 21.6 Å². The number of hydrogen-bond acceptors (Lipinski definition) is 18. The van der Waals surface area contributed by atoms with Crippen LogP contribution in [0, 0.1) is 5.92 Å². The molecule has 1 aliphatic rings. The van der Waals surface area contributed by atoms with E-state index in [9.17, 15) is 43.2 Å². The zero-order chi connectivity index (χ0) is 70.1. The number of fused-ring (bicyclic) bond motifs is 1. The number of amides is 5. The molecule has 22 nitrogen and oxygen atoms in total. The van der Waals surface area contributed by atoms with Gasteiger partial charge >= 0.3 is 5.97 Å². The van der Waals surface area contributed by atoms with Gasteiger partial charge in [-0.15, -0.1) is 0 Å². The average Bonchev–Trinajstić information content (AvgIpc) is 1.08. The maximum Gasteiger partial charge on any atom is 0.306 e. The largest absolute Gasteiger partial charge is 0.497 e. The highest BCUT2D eigenvalue weighted by molar-refractivity contribution is 8.77. The van der Waals surface area contributed by atoms with Gasteiger partial charge in [-0.3, -0.25) is 53.5 Å². The van der Waals surface area contributed by atoms with Gasteiger partial charge < -0.3 is 39.4 Å². The summed E-state index contributed by atoms with van der Waals surface area (Å²) in [5.41, 5.74) is 1.99. The van der Waals surface area contributed by atoms with Crippen LogP contribution in [0.2, 0.25) is 0 Å². The third kappa shape index (κ3) is 22.8. The first-order chi connectivity index (χ1) is 46.5. The van der Waals surface area contributed by atoms with Gasteiger partial charge in [-0.05, 0) is 118 Å². The van der Waals surface area contributed by atoms with E-state index in [0.717, 1.165) is 61.0 Å². The summed E-state index contributed by atoms with van der Waals surface area (Å²) < 4.78 is 24.0. The molecule has 97 heavy (non-hydrogen) atoms. The fourth-order valence-electron chi connectivity index (χ4n) is 11.3. The number of aromatic nitrogens is 4. The van der Waals surface area contributed by atoms with Gasteiger partial charge in [0.25, 0.3) is 11.5 Å². The number of H-pyrrole nitrogens is 1. The zero-order valence-corrected chi connectivity index (χ0v) is 58.8. The lowest BCUT2D eigenvalue weighted by Crippen LogP contribution is -2.42. The molecule has 1 saturated heterocycles. The molecule has 0 saturated carbocycles. The molecule has 1 fully saturated rings. The second-order valence-corrected chi connectivity index (χ2v) is 28.4. The number of ether oxygens (including phenoxy) is 4. The van der Waals surface area contributed by atoms with Crippen LogP contribution in [-0.4, -0.2) is 135 Å². The molecule has 3 heterocycles. The molecule has 1 aliphatic heterocycles. The molecule has 3 atom stereocenters. The molecular weight excluding hydrogens is 1270 g/mol. The van der Waals surface area contributed by atoms with Crippen LogP contribution in [0.4, 0.5) is 11.6 Å². The number of Topliss-reactive ketones (excluding diaryl/α,β-unsaturated/α-hetero) is 2. The number of methoxy groups -OCH3 is 2. The Hall–Kier alpha value is -8.48. The molecule has 0 bridgehead atoms. The number of unbranched alkanes of at least 4 members (excludes halogenated alkanes) is 4. The Morgan fingerprint density at radius 2 is 1.34 bits per heavy atom. The Labute approximate surface area is 576 Å². The molecule has 6 aromatic rings. The third-order valence-corrected chi connectivity index (χ3v) is 20.4. The summed E-state index contributed by atoms with van der Waals surface area (Å²) in [6.45, 7) is 11.2. The standard InChI is InChI=1S/C73H93N9O13S2/c1-48(2)68(89)79-71-78-67-66(70(91)80-71)77-55(44-75-67)45-81(50(4)83)56-31-25-51(26-32-56)69(90)76-49(3)24-33-59(85)22-17-12-10-11-16-21-58(84)23-18-42-96-97-72(5,6)41-40-64(87)82-46-62(95-65(88)39-38-63(86)74-7)43-57(82)47-94-73(52-19-14-13-15-20-52,53-27-34-60(92-8)35-28-53)54-29-36-61(93-9)37-30-54/h13-15,19-20,25-32,34-37,44,48-49,57,62H,10-12,16-18,21-24,33,38-43,45-47H2,1-9H3,(H,74,86)(H,76,90)(H2,75,78,79,80,89,91)/t49-,57+,62-/m1/s1. The van der Waals surface area contributed by atoms with Crippen molar-refractivity contribution in [2.75, 3.05) is 50.4 Å². The first-order valence-corrected chi connectivity index (χ1v) is 35.6. The van der Waals surface area contributed by atoms with Crippen LogP contribution in [0.3, 0.4) is 0 Å². The van der Waals surface area contributed by atoms with Crippen molar-refractivity contribution in [2.24, 2.45) is 5.92 Å². The van der Waals surface area contributed by atoms with E-state index in [4.69, 9.17) is 18.9 Å². The zero-order valence-electron chi connectivity index (χ0n) is 57.2. The van der Waals surface area contributed by atoms with Crippen molar-refractivity contribution in [3.8, 4) is 11.5 Å². The Morgan fingerprint density at radius 3 is 1.95 bits per heavy atom. The number of hydrogen-bond donors (Lipinski definition) is 4. The van der Waals surface area contributed by atoms with E-state index in [1.54, 1.807) is 78.8 Å². The minimum absolute atomic E-state index is 0.00502. The quantitative estimate of drug-likeness (QED) is 0.0121. The number of ketones is 2. The molecule has 7 rings (SSSR count). The van der Waals surface area contributed by atoms with Gasteiger partial charge in [0.15, 0.2) is 11.2 Å². The van der Waals surface area contributed by atoms with Crippen LogP contribution in [-0.2, 0) is 55.2 Å².